The van der Waals surface area contributed by atoms with Crippen LogP contribution in [0.25, 0.3) is 10.8 Å². The summed E-state index contributed by atoms with van der Waals surface area (Å²) in [7, 11) is 0. The van der Waals surface area contributed by atoms with Gasteiger partial charge in [-0.15, -0.1) is 0 Å². The number of fused-ring (bicyclic) bond motifs is 1. The number of hydrogen-bond acceptors (Lipinski definition) is 4. The lowest BCUT2D eigenvalue weighted by molar-refractivity contribution is -0.132. The maximum absolute atomic E-state index is 12.3. The molecule has 2 aromatic rings. The Morgan fingerprint density at radius 2 is 2.00 bits per heavy atom. The van der Waals surface area contributed by atoms with Crippen molar-refractivity contribution in [2.75, 3.05) is 26.2 Å². The molecule has 6 nitrogen and oxygen atoms in total. The lowest BCUT2D eigenvalue weighted by Crippen LogP contribution is -2.46. The number of rotatable bonds is 3. The van der Waals surface area contributed by atoms with Gasteiger partial charge in [-0.1, -0.05) is 18.2 Å². The number of benzene rings is 1. The molecule has 110 valence electrons. The first kappa shape index (κ1) is 13.8. The van der Waals surface area contributed by atoms with Crippen molar-refractivity contribution in [3.63, 3.8) is 0 Å². The van der Waals surface area contributed by atoms with Gasteiger partial charge in [0, 0.05) is 38.0 Å². The van der Waals surface area contributed by atoms with Gasteiger partial charge in [0.2, 0.25) is 5.91 Å². The van der Waals surface area contributed by atoms with Gasteiger partial charge in [0.25, 0.3) is 5.56 Å². The molecule has 0 spiro atoms. The van der Waals surface area contributed by atoms with Crippen LogP contribution in [0.2, 0.25) is 0 Å². The van der Waals surface area contributed by atoms with Crippen molar-refractivity contribution in [1.82, 2.24) is 20.0 Å². The van der Waals surface area contributed by atoms with Crippen molar-refractivity contribution in [3.05, 3.63) is 40.8 Å². The van der Waals surface area contributed by atoms with Gasteiger partial charge in [0.1, 0.15) is 0 Å². The third-order valence-electron chi connectivity index (χ3n) is 3.77. The fourth-order valence-corrected chi connectivity index (χ4v) is 2.56. The van der Waals surface area contributed by atoms with Crippen LogP contribution in [0.1, 0.15) is 6.42 Å². The molecule has 0 bridgehead atoms. The normalized spacial score (nSPS) is 15.3. The highest BCUT2D eigenvalue weighted by atomic mass is 16.2. The largest absolute Gasteiger partial charge is 0.340 e. The molecule has 1 saturated heterocycles. The summed E-state index contributed by atoms with van der Waals surface area (Å²) in [4.78, 5) is 26.2. The van der Waals surface area contributed by atoms with Crippen LogP contribution in [0.3, 0.4) is 0 Å². The van der Waals surface area contributed by atoms with Crippen LogP contribution in [-0.4, -0.2) is 46.8 Å². The van der Waals surface area contributed by atoms with Crippen molar-refractivity contribution in [1.29, 1.82) is 0 Å². The quantitative estimate of drug-likeness (QED) is 0.876. The minimum atomic E-state index is -0.138. The van der Waals surface area contributed by atoms with E-state index in [2.05, 4.69) is 10.4 Å². The number of aromatic nitrogens is 2. The Hall–Kier alpha value is -2.21. The van der Waals surface area contributed by atoms with E-state index in [9.17, 15) is 9.59 Å². The van der Waals surface area contributed by atoms with Crippen LogP contribution in [0.4, 0.5) is 0 Å². The summed E-state index contributed by atoms with van der Waals surface area (Å²) >= 11 is 0. The van der Waals surface area contributed by atoms with E-state index in [1.54, 1.807) is 12.3 Å². The third kappa shape index (κ3) is 2.95. The smallest absolute Gasteiger partial charge is 0.274 e. The van der Waals surface area contributed by atoms with E-state index in [1.165, 1.54) is 4.68 Å². The molecule has 1 fully saturated rings. The van der Waals surface area contributed by atoms with Gasteiger partial charge < -0.3 is 10.2 Å². The molecule has 6 heteroatoms. The second kappa shape index (κ2) is 6.05. The second-order valence-electron chi connectivity index (χ2n) is 5.14. The molecule has 1 aromatic heterocycles. The summed E-state index contributed by atoms with van der Waals surface area (Å²) in [5.41, 5.74) is -0.138. The monoisotopic (exact) mass is 286 g/mol. The molecule has 1 aliphatic heterocycles. The maximum atomic E-state index is 12.3. The summed E-state index contributed by atoms with van der Waals surface area (Å²) in [6, 6.07) is 7.36. The molecule has 1 aromatic carbocycles. The number of aryl methyl sites for hydroxylation is 1. The zero-order valence-electron chi connectivity index (χ0n) is 11.8. The van der Waals surface area contributed by atoms with Crippen molar-refractivity contribution >= 4 is 16.7 Å². The first-order valence-corrected chi connectivity index (χ1v) is 7.19. The van der Waals surface area contributed by atoms with Gasteiger partial charge >= 0.3 is 0 Å². The van der Waals surface area contributed by atoms with E-state index >= 15 is 0 Å². The number of amides is 1. The molecule has 0 aliphatic carbocycles. The van der Waals surface area contributed by atoms with Crippen molar-refractivity contribution < 1.29 is 4.79 Å². The van der Waals surface area contributed by atoms with E-state index in [0.29, 0.717) is 18.4 Å². The van der Waals surface area contributed by atoms with Crippen LogP contribution in [0.5, 0.6) is 0 Å². The average Bonchev–Trinajstić information content (AvgIpc) is 2.55. The number of nitrogens with one attached hydrogen (secondary N) is 1. The number of carbonyl (C=O) groups is 1. The molecule has 0 saturated carbocycles. The van der Waals surface area contributed by atoms with Crippen LogP contribution in [0.15, 0.2) is 35.3 Å². The van der Waals surface area contributed by atoms with E-state index < -0.39 is 0 Å². The number of carbonyl (C=O) groups excluding carboxylic acids is 1. The molecule has 0 unspecified atom stereocenters. The molecular weight excluding hydrogens is 268 g/mol. The van der Waals surface area contributed by atoms with Gasteiger partial charge in [-0.05, 0) is 6.07 Å². The van der Waals surface area contributed by atoms with Crippen LogP contribution in [-0.2, 0) is 11.3 Å². The third-order valence-corrected chi connectivity index (χ3v) is 3.77. The lowest BCUT2D eigenvalue weighted by atomic mass is 10.2. The highest BCUT2D eigenvalue weighted by Crippen LogP contribution is 2.06. The van der Waals surface area contributed by atoms with Gasteiger partial charge in [0.05, 0.1) is 18.1 Å². The average molecular weight is 286 g/mol. The highest BCUT2D eigenvalue weighted by molar-refractivity contribution is 5.80. The first-order valence-electron chi connectivity index (χ1n) is 7.19. The van der Waals surface area contributed by atoms with Crippen molar-refractivity contribution in [3.8, 4) is 0 Å². The van der Waals surface area contributed by atoms with Gasteiger partial charge in [-0.2, -0.15) is 5.10 Å². The van der Waals surface area contributed by atoms with E-state index in [1.807, 2.05) is 23.1 Å². The lowest BCUT2D eigenvalue weighted by Gasteiger charge is -2.27. The van der Waals surface area contributed by atoms with E-state index in [-0.39, 0.29) is 11.5 Å². The van der Waals surface area contributed by atoms with Gasteiger partial charge in [-0.3, -0.25) is 9.59 Å². The molecule has 1 amide bonds. The predicted molar refractivity (Wildman–Crippen MR) is 80.1 cm³/mol. The number of piperazine rings is 1. The zero-order chi connectivity index (χ0) is 14.7. The van der Waals surface area contributed by atoms with E-state index in [0.717, 1.165) is 31.6 Å². The predicted octanol–water partition coefficient (Wildman–Crippen LogP) is 0.218. The number of nitrogens with zero attached hydrogens (tertiary/aromatic N) is 3. The fourth-order valence-electron chi connectivity index (χ4n) is 2.56. The molecular formula is C15H18N4O2. The molecule has 0 radical (unpaired) electrons. The van der Waals surface area contributed by atoms with Crippen LogP contribution >= 0.6 is 0 Å². The summed E-state index contributed by atoms with van der Waals surface area (Å²) in [6.45, 7) is 3.46. The molecule has 3 rings (SSSR count). The van der Waals surface area contributed by atoms with Crippen LogP contribution in [0, 0.1) is 0 Å². The fraction of sp³-hybridized carbons (Fsp3) is 0.400. The maximum Gasteiger partial charge on any atom is 0.274 e. The summed E-state index contributed by atoms with van der Waals surface area (Å²) in [5.74, 6) is 0.0818. The Morgan fingerprint density at radius 3 is 2.81 bits per heavy atom. The molecule has 0 atom stereocenters. The van der Waals surface area contributed by atoms with Gasteiger partial charge in [0.15, 0.2) is 0 Å². The molecule has 1 aliphatic rings. The van der Waals surface area contributed by atoms with E-state index in [4.69, 9.17) is 0 Å². The second-order valence-corrected chi connectivity index (χ2v) is 5.14. The first-order chi connectivity index (χ1) is 10.3. The molecule has 21 heavy (non-hydrogen) atoms. The standard InChI is InChI=1S/C15H18N4O2/c20-14(18-9-6-16-7-10-18)5-8-19-15(21)13-4-2-1-3-12(13)11-17-19/h1-4,11,16H,5-10H2. The highest BCUT2D eigenvalue weighted by Gasteiger charge is 2.16. The van der Waals surface area contributed by atoms with Crippen molar-refractivity contribution in [2.45, 2.75) is 13.0 Å². The number of hydrogen-bond donors (Lipinski definition) is 1. The molecule has 1 N–H and O–H groups in total. The summed E-state index contributed by atoms with van der Waals surface area (Å²) in [5, 5.41) is 8.82. The minimum Gasteiger partial charge on any atom is -0.340 e. The Labute approximate surface area is 122 Å². The van der Waals surface area contributed by atoms with Gasteiger partial charge in [-0.25, -0.2) is 4.68 Å². The molecule has 2 heterocycles. The zero-order valence-corrected chi connectivity index (χ0v) is 11.8. The van der Waals surface area contributed by atoms with Crippen LogP contribution < -0.4 is 10.9 Å². The Balaban J connectivity index is 1.72. The SMILES string of the molecule is O=C(CCn1ncc2ccccc2c1=O)N1CCNCC1. The summed E-state index contributed by atoms with van der Waals surface area (Å²) < 4.78 is 1.38. The Kier molecular flexibility index (Phi) is 3.96. The topological polar surface area (TPSA) is 67.2 Å². The Morgan fingerprint density at radius 1 is 1.24 bits per heavy atom. The van der Waals surface area contributed by atoms with Crippen molar-refractivity contribution in [2.24, 2.45) is 0 Å². The summed E-state index contributed by atoms with van der Waals surface area (Å²) in [6.07, 6.45) is 1.98. The minimum absolute atomic E-state index is 0.0818. The Bertz CT molecular complexity index is 704.